The van der Waals surface area contributed by atoms with Gasteiger partial charge >= 0.3 is 11.9 Å². The average Bonchev–Trinajstić information content (AvgIpc) is 3.03. The van der Waals surface area contributed by atoms with Gasteiger partial charge in [-0.1, -0.05) is 60.6 Å². The second-order valence-corrected chi connectivity index (χ2v) is 15.1. The highest BCUT2D eigenvalue weighted by atomic mass is 16.4. The molecule has 8 N–H and O–H groups in total. The van der Waals surface area contributed by atoms with Crippen molar-refractivity contribution in [1.29, 1.82) is 0 Å². The van der Waals surface area contributed by atoms with E-state index in [1.165, 1.54) is 0 Å². The van der Waals surface area contributed by atoms with Gasteiger partial charge in [-0.15, -0.1) is 0 Å². The number of amides is 3. The number of carbonyl (C=O) groups is 5. The van der Waals surface area contributed by atoms with Crippen LogP contribution in [0.2, 0.25) is 0 Å². The molecule has 0 saturated carbocycles. The summed E-state index contributed by atoms with van der Waals surface area (Å²) in [5.41, 5.74) is 7.62. The molecule has 0 aliphatic carbocycles. The maximum atomic E-state index is 13.3. The molecule has 51 heavy (non-hydrogen) atoms. The number of rotatable bonds is 27. The molecule has 1 rings (SSSR count). The summed E-state index contributed by atoms with van der Waals surface area (Å²) < 4.78 is 0. The van der Waals surface area contributed by atoms with Crippen molar-refractivity contribution in [3.8, 4) is 0 Å². The first-order valence-electron chi connectivity index (χ1n) is 18.9. The van der Waals surface area contributed by atoms with Gasteiger partial charge in [0.05, 0.1) is 0 Å². The van der Waals surface area contributed by atoms with E-state index in [0.717, 1.165) is 12.0 Å². The molecule has 0 aliphatic rings. The van der Waals surface area contributed by atoms with Gasteiger partial charge in [0, 0.05) is 36.5 Å². The standard InChI is InChI=1S/C39H67N5O7/c1-9-41-33(38(48)49)14-10-12-18-43-37(47)32(26(6)7)23-29-22-28(16-17-30(29)35(40)45)21-27(8)44-34(39(50)51)15-11-13-19-42-36(46)31(25(4)5)20-24(2)3/h16-17,22,24-27,31-34,41,44H,9-15,18-21,23H2,1-8H3,(H2,40,45)(H,42,46)(H,43,47)(H,48,49)(H,50,51). The number of primary amides is 1. The lowest BCUT2D eigenvalue weighted by molar-refractivity contribution is -0.140. The van der Waals surface area contributed by atoms with Gasteiger partial charge in [-0.2, -0.15) is 0 Å². The van der Waals surface area contributed by atoms with Crippen LogP contribution in [0.5, 0.6) is 0 Å². The first-order chi connectivity index (χ1) is 24.0. The van der Waals surface area contributed by atoms with Gasteiger partial charge in [-0.3, -0.25) is 24.0 Å². The molecule has 5 atom stereocenters. The van der Waals surface area contributed by atoms with Crippen molar-refractivity contribution < 1.29 is 34.2 Å². The number of unbranched alkanes of at least 4 members (excludes halogenated alkanes) is 2. The van der Waals surface area contributed by atoms with Crippen LogP contribution in [-0.2, 0) is 32.0 Å². The van der Waals surface area contributed by atoms with Crippen LogP contribution in [-0.4, -0.2) is 77.6 Å². The fourth-order valence-corrected chi connectivity index (χ4v) is 6.47. The van der Waals surface area contributed by atoms with Crippen LogP contribution in [0.15, 0.2) is 18.2 Å². The molecule has 1 aromatic carbocycles. The highest BCUT2D eigenvalue weighted by Gasteiger charge is 2.26. The lowest BCUT2D eigenvalue weighted by Gasteiger charge is -2.23. The van der Waals surface area contributed by atoms with Crippen LogP contribution in [0.1, 0.15) is 122 Å². The van der Waals surface area contributed by atoms with Gasteiger partial charge in [0.2, 0.25) is 17.7 Å². The van der Waals surface area contributed by atoms with Gasteiger partial charge in [0.15, 0.2) is 0 Å². The zero-order chi connectivity index (χ0) is 38.7. The lowest BCUT2D eigenvalue weighted by atomic mass is 9.85. The Morgan fingerprint density at radius 1 is 0.725 bits per heavy atom. The molecular weight excluding hydrogens is 650 g/mol. The fourth-order valence-electron chi connectivity index (χ4n) is 6.47. The van der Waals surface area contributed by atoms with E-state index in [1.54, 1.807) is 6.07 Å². The second kappa shape index (κ2) is 23.9. The molecule has 12 heteroatoms. The van der Waals surface area contributed by atoms with Crippen molar-refractivity contribution >= 4 is 29.7 Å². The molecular formula is C39H67N5O7. The number of benzene rings is 1. The summed E-state index contributed by atoms with van der Waals surface area (Å²) in [7, 11) is 0. The molecule has 0 radical (unpaired) electrons. The zero-order valence-electron chi connectivity index (χ0n) is 32.3. The van der Waals surface area contributed by atoms with E-state index in [4.69, 9.17) is 5.73 Å². The summed E-state index contributed by atoms with van der Waals surface area (Å²) in [6, 6.07) is 3.81. The molecule has 0 saturated heterocycles. The van der Waals surface area contributed by atoms with Crippen molar-refractivity contribution in [2.24, 2.45) is 35.3 Å². The van der Waals surface area contributed by atoms with Crippen LogP contribution < -0.4 is 27.0 Å². The van der Waals surface area contributed by atoms with Crippen LogP contribution in [0.25, 0.3) is 0 Å². The van der Waals surface area contributed by atoms with E-state index in [0.29, 0.717) is 88.0 Å². The summed E-state index contributed by atoms with van der Waals surface area (Å²) in [6.45, 7) is 17.5. The first kappa shape index (κ1) is 45.5. The Hall–Kier alpha value is -3.51. The second-order valence-electron chi connectivity index (χ2n) is 15.1. The number of nitrogens with one attached hydrogen (secondary N) is 4. The van der Waals surface area contributed by atoms with E-state index in [9.17, 15) is 34.2 Å². The Kier molecular flexibility index (Phi) is 21.3. The molecule has 290 valence electrons. The van der Waals surface area contributed by atoms with Crippen LogP contribution >= 0.6 is 0 Å². The lowest BCUT2D eigenvalue weighted by Crippen LogP contribution is -2.43. The minimum absolute atomic E-state index is 0.0264. The fraction of sp³-hybridized carbons (Fsp3) is 0.718. The molecule has 1 aromatic rings. The van der Waals surface area contributed by atoms with Crippen molar-refractivity contribution in [2.75, 3.05) is 19.6 Å². The topological polar surface area (TPSA) is 200 Å². The summed E-state index contributed by atoms with van der Waals surface area (Å²) in [6.07, 6.45) is 5.15. The number of hydrogen-bond acceptors (Lipinski definition) is 7. The van der Waals surface area contributed by atoms with Crippen LogP contribution in [0.4, 0.5) is 0 Å². The molecule has 0 bridgehead atoms. The number of carbonyl (C=O) groups excluding carboxylic acids is 3. The minimum Gasteiger partial charge on any atom is -0.480 e. The molecule has 3 amide bonds. The molecule has 0 fully saturated rings. The van der Waals surface area contributed by atoms with Gasteiger partial charge in [-0.25, -0.2) is 0 Å². The molecule has 0 heterocycles. The molecule has 0 aliphatic heterocycles. The average molecular weight is 718 g/mol. The number of hydrogen-bond donors (Lipinski definition) is 7. The SMILES string of the molecule is CCNC(CCCCNC(=O)C(Cc1cc(CC(C)NC(CCCCNC(=O)C(CC(C)C)C(C)C)C(=O)O)ccc1C(N)=O)C(C)C)C(=O)O. The van der Waals surface area contributed by atoms with Crippen LogP contribution in [0, 0.1) is 29.6 Å². The maximum absolute atomic E-state index is 13.3. The first-order valence-corrected chi connectivity index (χ1v) is 18.9. The Labute approximate surface area is 305 Å². The number of carboxylic acids is 2. The van der Waals surface area contributed by atoms with Crippen molar-refractivity contribution in [3.63, 3.8) is 0 Å². The van der Waals surface area contributed by atoms with Gasteiger partial charge < -0.3 is 37.2 Å². The van der Waals surface area contributed by atoms with E-state index in [1.807, 2.05) is 39.8 Å². The quantitative estimate of drug-likeness (QED) is 0.0639. The normalized spacial score (nSPS) is 14.6. The summed E-state index contributed by atoms with van der Waals surface area (Å²) in [5.74, 6) is -2.27. The van der Waals surface area contributed by atoms with Gasteiger partial charge in [-0.05, 0) is 106 Å². The molecule has 0 aromatic heterocycles. The third-order valence-corrected chi connectivity index (χ3v) is 9.40. The highest BCUT2D eigenvalue weighted by Crippen LogP contribution is 2.23. The smallest absolute Gasteiger partial charge is 0.320 e. The number of carboxylic acid groups (broad SMARTS) is 2. The third-order valence-electron chi connectivity index (χ3n) is 9.40. The summed E-state index contributed by atoms with van der Waals surface area (Å²) in [5, 5.41) is 31.4. The number of nitrogens with two attached hydrogens (primary N) is 1. The Morgan fingerprint density at radius 3 is 1.73 bits per heavy atom. The monoisotopic (exact) mass is 718 g/mol. The van der Waals surface area contributed by atoms with E-state index in [-0.39, 0.29) is 35.6 Å². The number of aliphatic carboxylic acids is 2. The van der Waals surface area contributed by atoms with Crippen molar-refractivity contribution in [2.45, 2.75) is 131 Å². The van der Waals surface area contributed by atoms with E-state index < -0.39 is 35.8 Å². The largest absolute Gasteiger partial charge is 0.480 e. The minimum atomic E-state index is -0.933. The van der Waals surface area contributed by atoms with Crippen LogP contribution in [0.3, 0.4) is 0 Å². The maximum Gasteiger partial charge on any atom is 0.320 e. The van der Waals surface area contributed by atoms with E-state index >= 15 is 0 Å². The Morgan fingerprint density at radius 2 is 1.25 bits per heavy atom. The van der Waals surface area contributed by atoms with Gasteiger partial charge in [0.25, 0.3) is 0 Å². The Balaban J connectivity index is 2.81. The third kappa shape index (κ3) is 17.5. The molecule has 5 unspecified atom stereocenters. The summed E-state index contributed by atoms with van der Waals surface area (Å²) in [4.78, 5) is 61.8. The predicted molar refractivity (Wildman–Crippen MR) is 201 cm³/mol. The summed E-state index contributed by atoms with van der Waals surface area (Å²) >= 11 is 0. The molecule has 12 nitrogen and oxygen atoms in total. The van der Waals surface area contributed by atoms with Crippen molar-refractivity contribution in [1.82, 2.24) is 21.3 Å². The number of likely N-dealkylation sites (N-methyl/N-ethyl adjacent to an activating group) is 1. The molecule has 0 spiro atoms. The predicted octanol–water partition coefficient (Wildman–Crippen LogP) is 4.53. The zero-order valence-corrected chi connectivity index (χ0v) is 32.3. The van der Waals surface area contributed by atoms with E-state index in [2.05, 4.69) is 49.0 Å². The highest BCUT2D eigenvalue weighted by molar-refractivity contribution is 5.94. The van der Waals surface area contributed by atoms with Gasteiger partial charge in [0.1, 0.15) is 12.1 Å². The van der Waals surface area contributed by atoms with Crippen molar-refractivity contribution in [3.05, 3.63) is 34.9 Å². The Bertz CT molecular complexity index is 1250.